The van der Waals surface area contributed by atoms with Crippen molar-refractivity contribution < 1.29 is 19.0 Å². The van der Waals surface area contributed by atoms with Crippen LogP contribution in [0.5, 0.6) is 0 Å². The van der Waals surface area contributed by atoms with Crippen LogP contribution < -0.4 is 4.90 Å². The maximum atomic E-state index is 13.1. The van der Waals surface area contributed by atoms with E-state index in [0.717, 1.165) is 49.5 Å². The zero-order chi connectivity index (χ0) is 19.3. The second kappa shape index (κ2) is 8.89. The zero-order valence-electron chi connectivity index (χ0n) is 16.1. The number of amides is 1. The average Bonchev–Trinajstić information content (AvgIpc) is 3.15. The summed E-state index contributed by atoms with van der Waals surface area (Å²) < 4.78 is 17.3. The molecule has 0 unspecified atom stereocenters. The molecule has 2 aromatic rings. The highest BCUT2D eigenvalue weighted by Crippen LogP contribution is 2.30. The van der Waals surface area contributed by atoms with Crippen molar-refractivity contribution in [3.63, 3.8) is 0 Å². The standard InChI is InChI=1S/C20H25N3O4S/c1-15-3-4-16-18(13-15)28-20(21-16)23(19(24)17-14-26-11-12-27-17)6-2-5-22-7-9-25-10-8-22/h3-4,13-14H,2,5-12H2,1H3. The molecule has 1 aromatic heterocycles. The Bertz CT molecular complexity index is 860. The van der Waals surface area contributed by atoms with Crippen molar-refractivity contribution in [2.75, 3.05) is 57.5 Å². The molecule has 28 heavy (non-hydrogen) atoms. The van der Waals surface area contributed by atoms with Crippen LogP contribution in [0.1, 0.15) is 12.0 Å². The number of nitrogens with zero attached hydrogens (tertiary/aromatic N) is 3. The largest absolute Gasteiger partial charge is 0.494 e. The molecule has 7 nitrogen and oxygen atoms in total. The van der Waals surface area contributed by atoms with Crippen LogP contribution >= 0.6 is 11.3 Å². The molecule has 1 amide bonds. The second-order valence-electron chi connectivity index (χ2n) is 6.93. The fraction of sp³-hybridized carbons (Fsp3) is 0.500. The molecule has 2 aliphatic heterocycles. The number of rotatable bonds is 6. The molecule has 1 saturated heterocycles. The lowest BCUT2D eigenvalue weighted by Gasteiger charge is -2.28. The van der Waals surface area contributed by atoms with Crippen LogP contribution in [-0.2, 0) is 19.0 Å². The van der Waals surface area contributed by atoms with Crippen LogP contribution in [0.15, 0.2) is 30.2 Å². The number of carbonyl (C=O) groups is 1. The minimum absolute atomic E-state index is 0.197. The molecule has 1 aromatic carbocycles. The lowest BCUT2D eigenvalue weighted by molar-refractivity contribution is -0.119. The van der Waals surface area contributed by atoms with Crippen molar-refractivity contribution in [2.45, 2.75) is 13.3 Å². The number of thiazole rings is 1. The summed E-state index contributed by atoms with van der Waals surface area (Å²) in [5, 5.41) is 0.697. The first-order chi connectivity index (χ1) is 13.7. The summed E-state index contributed by atoms with van der Waals surface area (Å²) in [6, 6.07) is 6.14. The van der Waals surface area contributed by atoms with Gasteiger partial charge < -0.3 is 14.2 Å². The van der Waals surface area contributed by atoms with Crippen LogP contribution in [0.4, 0.5) is 5.13 Å². The predicted molar refractivity (Wildman–Crippen MR) is 109 cm³/mol. The van der Waals surface area contributed by atoms with Gasteiger partial charge >= 0.3 is 0 Å². The van der Waals surface area contributed by atoms with Gasteiger partial charge in [0.25, 0.3) is 5.91 Å². The van der Waals surface area contributed by atoms with E-state index in [-0.39, 0.29) is 11.7 Å². The molecular weight excluding hydrogens is 378 g/mol. The first-order valence-electron chi connectivity index (χ1n) is 9.64. The molecule has 0 bridgehead atoms. The zero-order valence-corrected chi connectivity index (χ0v) is 16.9. The number of hydrogen-bond acceptors (Lipinski definition) is 7. The van der Waals surface area contributed by atoms with E-state index in [2.05, 4.69) is 17.9 Å². The monoisotopic (exact) mass is 403 g/mol. The second-order valence-corrected chi connectivity index (χ2v) is 7.94. The quantitative estimate of drug-likeness (QED) is 0.739. The van der Waals surface area contributed by atoms with E-state index in [4.69, 9.17) is 19.2 Å². The molecule has 0 aliphatic carbocycles. The fourth-order valence-electron chi connectivity index (χ4n) is 3.31. The Labute approximate surface area is 168 Å². The molecule has 2 aliphatic rings. The Balaban J connectivity index is 1.52. The number of benzene rings is 1. The SMILES string of the molecule is Cc1ccc2nc(N(CCCN3CCOCC3)C(=O)C3=COCCO3)sc2c1. The average molecular weight is 404 g/mol. The van der Waals surface area contributed by atoms with Gasteiger partial charge in [0, 0.05) is 26.2 Å². The molecule has 1 fully saturated rings. The van der Waals surface area contributed by atoms with Crippen LogP contribution in [0.2, 0.25) is 0 Å². The molecule has 0 spiro atoms. The Morgan fingerprint density at radius 2 is 2.11 bits per heavy atom. The third-order valence-corrected chi connectivity index (χ3v) is 5.87. The van der Waals surface area contributed by atoms with Gasteiger partial charge in [-0.05, 0) is 31.0 Å². The Morgan fingerprint density at radius 3 is 2.89 bits per heavy atom. The van der Waals surface area contributed by atoms with Crippen molar-refractivity contribution in [3.05, 3.63) is 35.8 Å². The minimum atomic E-state index is -0.197. The first-order valence-corrected chi connectivity index (χ1v) is 10.5. The van der Waals surface area contributed by atoms with Gasteiger partial charge in [0.1, 0.15) is 19.5 Å². The molecule has 3 heterocycles. The Kier molecular flexibility index (Phi) is 6.09. The lowest BCUT2D eigenvalue weighted by atomic mass is 10.2. The van der Waals surface area contributed by atoms with Crippen LogP contribution in [-0.4, -0.2) is 68.4 Å². The van der Waals surface area contributed by atoms with Gasteiger partial charge in [0.05, 0.1) is 23.4 Å². The summed E-state index contributed by atoms with van der Waals surface area (Å²) in [6.45, 7) is 7.85. The smallest absolute Gasteiger partial charge is 0.298 e. The normalized spacial score (nSPS) is 17.7. The van der Waals surface area contributed by atoms with Gasteiger partial charge in [-0.15, -0.1) is 0 Å². The van der Waals surface area contributed by atoms with Gasteiger partial charge in [-0.3, -0.25) is 14.6 Å². The summed E-state index contributed by atoms with van der Waals surface area (Å²) in [5.74, 6) is 0.0468. The van der Waals surface area contributed by atoms with Crippen molar-refractivity contribution in [2.24, 2.45) is 0 Å². The maximum Gasteiger partial charge on any atom is 0.298 e. The van der Waals surface area contributed by atoms with Crippen LogP contribution in [0, 0.1) is 6.92 Å². The number of fused-ring (bicyclic) bond motifs is 1. The van der Waals surface area contributed by atoms with E-state index in [0.29, 0.717) is 24.9 Å². The van der Waals surface area contributed by atoms with Gasteiger partial charge in [-0.2, -0.15) is 0 Å². The highest BCUT2D eigenvalue weighted by molar-refractivity contribution is 7.22. The molecular formula is C20H25N3O4S. The maximum absolute atomic E-state index is 13.1. The Morgan fingerprint density at radius 1 is 1.25 bits per heavy atom. The fourth-order valence-corrected chi connectivity index (χ4v) is 4.40. The molecule has 0 saturated carbocycles. The van der Waals surface area contributed by atoms with Gasteiger partial charge in [-0.1, -0.05) is 17.4 Å². The van der Waals surface area contributed by atoms with Crippen molar-refractivity contribution in [3.8, 4) is 0 Å². The lowest BCUT2D eigenvalue weighted by Crippen LogP contribution is -2.40. The van der Waals surface area contributed by atoms with E-state index in [1.54, 1.807) is 4.90 Å². The summed E-state index contributed by atoms with van der Waals surface area (Å²) in [4.78, 5) is 21.9. The van der Waals surface area contributed by atoms with Gasteiger partial charge in [0.15, 0.2) is 5.13 Å². The molecule has 0 atom stereocenters. The summed E-state index contributed by atoms with van der Waals surface area (Å²) in [5.41, 5.74) is 2.09. The van der Waals surface area contributed by atoms with Crippen LogP contribution in [0.3, 0.4) is 0 Å². The number of aryl methyl sites for hydroxylation is 1. The van der Waals surface area contributed by atoms with Crippen LogP contribution in [0.25, 0.3) is 10.2 Å². The molecule has 0 radical (unpaired) electrons. The van der Waals surface area contributed by atoms with Crippen molar-refractivity contribution in [1.82, 2.24) is 9.88 Å². The number of ether oxygens (including phenoxy) is 3. The Hall–Kier alpha value is -2.16. The number of hydrogen-bond donors (Lipinski definition) is 0. The number of morpholine rings is 1. The van der Waals surface area contributed by atoms with E-state index < -0.39 is 0 Å². The van der Waals surface area contributed by atoms with Gasteiger partial charge in [-0.25, -0.2) is 4.98 Å². The summed E-state index contributed by atoms with van der Waals surface area (Å²) >= 11 is 1.53. The third-order valence-electron chi connectivity index (χ3n) is 4.83. The highest BCUT2D eigenvalue weighted by Gasteiger charge is 2.26. The van der Waals surface area contributed by atoms with Crippen molar-refractivity contribution >= 4 is 32.6 Å². The first kappa shape index (κ1) is 19.2. The molecule has 4 rings (SSSR count). The summed E-state index contributed by atoms with van der Waals surface area (Å²) in [6.07, 6.45) is 2.27. The third kappa shape index (κ3) is 4.45. The van der Waals surface area contributed by atoms with E-state index in [1.807, 2.05) is 12.1 Å². The summed E-state index contributed by atoms with van der Waals surface area (Å²) in [7, 11) is 0. The van der Waals surface area contributed by atoms with E-state index >= 15 is 0 Å². The highest BCUT2D eigenvalue weighted by atomic mass is 32.1. The van der Waals surface area contributed by atoms with E-state index in [1.165, 1.54) is 23.2 Å². The number of aromatic nitrogens is 1. The topological polar surface area (TPSA) is 64.1 Å². The molecule has 8 heteroatoms. The van der Waals surface area contributed by atoms with Gasteiger partial charge in [0.2, 0.25) is 5.76 Å². The molecule has 150 valence electrons. The number of anilines is 1. The van der Waals surface area contributed by atoms with Crippen molar-refractivity contribution in [1.29, 1.82) is 0 Å². The predicted octanol–water partition coefficient (Wildman–Crippen LogP) is 2.55. The molecule has 0 N–H and O–H groups in total. The number of carbonyl (C=O) groups excluding carboxylic acids is 1. The van der Waals surface area contributed by atoms with E-state index in [9.17, 15) is 4.79 Å². The minimum Gasteiger partial charge on any atom is -0.494 e.